The van der Waals surface area contributed by atoms with Crippen LogP contribution in [-0.4, -0.2) is 41.4 Å². The van der Waals surface area contributed by atoms with Gasteiger partial charge in [-0.1, -0.05) is 20.8 Å². The monoisotopic (exact) mass is 281 g/mol. The summed E-state index contributed by atoms with van der Waals surface area (Å²) in [6.45, 7) is 10.8. The second-order valence-electron chi connectivity index (χ2n) is 6.89. The molecule has 0 saturated heterocycles. The number of anilines is 1. The standard InChI is InChI=1S/C15H27N3O2/c1-14(2,3)13-16-11(9-20-7)8-12(17-13)18(6)10-15(4,5)19/h8,19H,9-10H2,1-7H3. The van der Waals surface area contributed by atoms with Crippen LogP contribution in [0.25, 0.3) is 0 Å². The van der Waals surface area contributed by atoms with Crippen LogP contribution in [0.4, 0.5) is 5.82 Å². The van der Waals surface area contributed by atoms with E-state index in [0.717, 1.165) is 17.3 Å². The molecule has 1 N–H and O–H groups in total. The molecule has 1 aromatic heterocycles. The zero-order valence-electron chi connectivity index (χ0n) is 13.7. The van der Waals surface area contributed by atoms with Crippen molar-refractivity contribution in [3.63, 3.8) is 0 Å². The van der Waals surface area contributed by atoms with Crippen LogP contribution in [-0.2, 0) is 16.8 Å². The average molecular weight is 281 g/mol. The predicted octanol–water partition coefficient (Wildman–Crippen LogP) is 2.13. The molecule has 0 radical (unpaired) electrons. The Balaban J connectivity index is 3.15. The fraction of sp³-hybridized carbons (Fsp3) is 0.733. The van der Waals surface area contributed by atoms with E-state index in [0.29, 0.717) is 13.2 Å². The molecule has 0 unspecified atom stereocenters. The minimum Gasteiger partial charge on any atom is -0.389 e. The molecule has 0 amide bonds. The Morgan fingerprint density at radius 2 is 1.80 bits per heavy atom. The van der Waals surface area contributed by atoms with Crippen molar-refractivity contribution in [1.29, 1.82) is 0 Å². The highest BCUT2D eigenvalue weighted by Gasteiger charge is 2.22. The van der Waals surface area contributed by atoms with Crippen LogP contribution < -0.4 is 4.90 Å². The molecule has 0 aliphatic rings. The van der Waals surface area contributed by atoms with E-state index in [4.69, 9.17) is 4.74 Å². The second-order valence-corrected chi connectivity index (χ2v) is 6.89. The van der Waals surface area contributed by atoms with Gasteiger partial charge >= 0.3 is 0 Å². The van der Waals surface area contributed by atoms with Gasteiger partial charge in [-0.25, -0.2) is 9.97 Å². The van der Waals surface area contributed by atoms with Crippen molar-refractivity contribution in [1.82, 2.24) is 9.97 Å². The summed E-state index contributed by atoms with van der Waals surface area (Å²) in [4.78, 5) is 11.1. The summed E-state index contributed by atoms with van der Waals surface area (Å²) in [6, 6.07) is 1.91. The number of aliphatic hydroxyl groups is 1. The summed E-state index contributed by atoms with van der Waals surface area (Å²) in [5.41, 5.74) is -0.0538. The van der Waals surface area contributed by atoms with Gasteiger partial charge in [0, 0.05) is 32.2 Å². The first-order chi connectivity index (χ1) is 9.03. The lowest BCUT2D eigenvalue weighted by Crippen LogP contribution is -2.37. The fourth-order valence-electron chi connectivity index (χ4n) is 1.90. The van der Waals surface area contributed by atoms with Gasteiger partial charge in [-0.3, -0.25) is 0 Å². The van der Waals surface area contributed by atoms with Crippen molar-refractivity contribution in [3.8, 4) is 0 Å². The van der Waals surface area contributed by atoms with E-state index in [1.165, 1.54) is 0 Å². The first-order valence-corrected chi connectivity index (χ1v) is 6.84. The Kier molecular flexibility index (Phi) is 5.10. The summed E-state index contributed by atoms with van der Waals surface area (Å²) in [6.07, 6.45) is 0. The van der Waals surface area contributed by atoms with Crippen molar-refractivity contribution >= 4 is 5.82 Å². The summed E-state index contributed by atoms with van der Waals surface area (Å²) >= 11 is 0. The lowest BCUT2D eigenvalue weighted by atomic mass is 9.95. The Morgan fingerprint density at radius 1 is 1.20 bits per heavy atom. The number of likely N-dealkylation sites (N-methyl/N-ethyl adjacent to an activating group) is 1. The number of ether oxygens (including phenoxy) is 1. The van der Waals surface area contributed by atoms with Gasteiger partial charge in [-0.15, -0.1) is 0 Å². The van der Waals surface area contributed by atoms with Crippen molar-refractivity contribution < 1.29 is 9.84 Å². The molecule has 0 aliphatic heterocycles. The molecule has 5 nitrogen and oxygen atoms in total. The molecular formula is C15H27N3O2. The van der Waals surface area contributed by atoms with Gasteiger partial charge < -0.3 is 14.7 Å². The SMILES string of the molecule is COCc1cc(N(C)CC(C)(C)O)nc(C(C)(C)C)n1. The van der Waals surface area contributed by atoms with Crippen LogP contribution in [0.3, 0.4) is 0 Å². The van der Waals surface area contributed by atoms with Gasteiger partial charge in [-0.05, 0) is 13.8 Å². The van der Waals surface area contributed by atoms with Crippen molar-refractivity contribution in [2.45, 2.75) is 52.2 Å². The average Bonchev–Trinajstić information content (AvgIpc) is 2.25. The maximum absolute atomic E-state index is 9.94. The summed E-state index contributed by atoms with van der Waals surface area (Å²) < 4.78 is 5.17. The molecule has 114 valence electrons. The molecule has 1 heterocycles. The van der Waals surface area contributed by atoms with Gasteiger partial charge in [0.05, 0.1) is 17.9 Å². The van der Waals surface area contributed by atoms with Gasteiger partial charge in [-0.2, -0.15) is 0 Å². The molecule has 0 aromatic carbocycles. The number of aromatic nitrogens is 2. The van der Waals surface area contributed by atoms with Crippen LogP contribution in [0.1, 0.15) is 46.1 Å². The van der Waals surface area contributed by atoms with E-state index in [-0.39, 0.29) is 5.41 Å². The number of methoxy groups -OCH3 is 1. The highest BCUT2D eigenvalue weighted by Crippen LogP contribution is 2.22. The van der Waals surface area contributed by atoms with Gasteiger partial charge in [0.1, 0.15) is 11.6 Å². The number of rotatable bonds is 5. The minimum atomic E-state index is -0.775. The quantitative estimate of drug-likeness (QED) is 0.896. The molecule has 0 saturated carbocycles. The number of nitrogens with zero attached hydrogens (tertiary/aromatic N) is 3. The van der Waals surface area contributed by atoms with E-state index in [1.54, 1.807) is 21.0 Å². The fourth-order valence-corrected chi connectivity index (χ4v) is 1.90. The Morgan fingerprint density at radius 3 is 2.25 bits per heavy atom. The molecule has 0 bridgehead atoms. The van der Waals surface area contributed by atoms with Crippen LogP contribution >= 0.6 is 0 Å². The third kappa shape index (κ3) is 5.06. The molecule has 0 atom stereocenters. The molecule has 0 spiro atoms. The Bertz CT molecular complexity index is 447. The van der Waals surface area contributed by atoms with Gasteiger partial charge in [0.2, 0.25) is 0 Å². The first kappa shape index (κ1) is 16.9. The Labute approximate surface area is 122 Å². The van der Waals surface area contributed by atoms with Crippen LogP contribution in [0.5, 0.6) is 0 Å². The zero-order chi connectivity index (χ0) is 15.6. The summed E-state index contributed by atoms with van der Waals surface area (Å²) in [5, 5.41) is 9.94. The van der Waals surface area contributed by atoms with Gasteiger partial charge in [0.15, 0.2) is 0 Å². The smallest absolute Gasteiger partial charge is 0.136 e. The molecule has 1 aromatic rings. The Hall–Kier alpha value is -1.20. The van der Waals surface area contributed by atoms with E-state index >= 15 is 0 Å². The lowest BCUT2D eigenvalue weighted by Gasteiger charge is -2.28. The van der Waals surface area contributed by atoms with E-state index in [9.17, 15) is 5.11 Å². The van der Waals surface area contributed by atoms with Crippen molar-refractivity contribution in [3.05, 3.63) is 17.6 Å². The second kappa shape index (κ2) is 6.06. The normalized spacial score (nSPS) is 12.6. The molecule has 1 rings (SSSR count). The molecular weight excluding hydrogens is 254 g/mol. The van der Waals surface area contributed by atoms with E-state index in [1.807, 2.05) is 18.0 Å². The maximum Gasteiger partial charge on any atom is 0.136 e. The van der Waals surface area contributed by atoms with Crippen molar-refractivity contribution in [2.75, 3.05) is 25.6 Å². The molecule has 0 aliphatic carbocycles. The lowest BCUT2D eigenvalue weighted by molar-refractivity contribution is 0.0884. The first-order valence-electron chi connectivity index (χ1n) is 6.84. The highest BCUT2D eigenvalue weighted by molar-refractivity contribution is 5.40. The molecule has 0 fully saturated rings. The minimum absolute atomic E-state index is 0.131. The van der Waals surface area contributed by atoms with E-state index in [2.05, 4.69) is 30.7 Å². The number of hydrogen-bond acceptors (Lipinski definition) is 5. The van der Waals surface area contributed by atoms with E-state index < -0.39 is 5.60 Å². The zero-order valence-corrected chi connectivity index (χ0v) is 13.7. The summed E-state index contributed by atoms with van der Waals surface area (Å²) in [7, 11) is 3.57. The largest absolute Gasteiger partial charge is 0.389 e. The van der Waals surface area contributed by atoms with Crippen LogP contribution in [0.15, 0.2) is 6.07 Å². The third-order valence-corrected chi connectivity index (χ3v) is 2.74. The van der Waals surface area contributed by atoms with Crippen LogP contribution in [0, 0.1) is 0 Å². The third-order valence-electron chi connectivity index (χ3n) is 2.74. The molecule has 5 heteroatoms. The maximum atomic E-state index is 9.94. The topological polar surface area (TPSA) is 58.5 Å². The molecule has 20 heavy (non-hydrogen) atoms. The highest BCUT2D eigenvalue weighted by atomic mass is 16.5. The van der Waals surface area contributed by atoms with Crippen LogP contribution in [0.2, 0.25) is 0 Å². The predicted molar refractivity (Wildman–Crippen MR) is 81.0 cm³/mol. The summed E-state index contributed by atoms with van der Waals surface area (Å²) in [5.74, 6) is 1.59. The number of hydrogen-bond donors (Lipinski definition) is 1. The van der Waals surface area contributed by atoms with Crippen molar-refractivity contribution in [2.24, 2.45) is 0 Å². The van der Waals surface area contributed by atoms with Gasteiger partial charge in [0.25, 0.3) is 0 Å².